The van der Waals surface area contributed by atoms with E-state index in [2.05, 4.69) is 4.18 Å². The number of alkyl halides is 3. The fraction of sp³-hybridized carbons (Fsp3) is 1.00. The molecule has 4 nitrogen and oxygen atoms in total. The van der Waals surface area contributed by atoms with Crippen molar-refractivity contribution in [3.63, 3.8) is 0 Å². The third-order valence-corrected chi connectivity index (χ3v) is 1.29. The van der Waals surface area contributed by atoms with Crippen LogP contribution in [0.15, 0.2) is 0 Å². The van der Waals surface area contributed by atoms with Crippen LogP contribution in [0.3, 0.4) is 0 Å². The molecule has 0 saturated heterocycles. The summed E-state index contributed by atoms with van der Waals surface area (Å²) in [4.78, 5) is 0. The molecule has 74 valence electrons. The first-order valence-electron chi connectivity index (χ1n) is 2.82. The monoisotopic (exact) mass is 208 g/mol. The predicted octanol–water partition coefficient (Wildman–Crippen LogP) is 0.801. The Morgan fingerprint density at radius 3 is 2.25 bits per heavy atom. The van der Waals surface area contributed by atoms with Gasteiger partial charge in [0.05, 0.1) is 6.67 Å². The van der Waals surface area contributed by atoms with Crippen molar-refractivity contribution in [3.8, 4) is 0 Å². The van der Waals surface area contributed by atoms with Gasteiger partial charge in [0.15, 0.2) is 0 Å². The molecule has 0 heterocycles. The summed E-state index contributed by atoms with van der Waals surface area (Å²) in [5.41, 5.74) is 0. The highest BCUT2D eigenvalue weighted by Gasteiger charge is 2.31. The molecule has 0 bridgehead atoms. The Morgan fingerprint density at radius 1 is 1.42 bits per heavy atom. The van der Waals surface area contributed by atoms with Crippen molar-refractivity contribution >= 4 is 10.4 Å². The Labute approximate surface area is 67.3 Å². The molecular weight excluding hydrogens is 201 g/mol. The van der Waals surface area contributed by atoms with E-state index in [4.69, 9.17) is 4.55 Å². The molecule has 0 saturated carbocycles. The number of halogens is 3. The van der Waals surface area contributed by atoms with Gasteiger partial charge < -0.3 is 0 Å². The summed E-state index contributed by atoms with van der Waals surface area (Å²) >= 11 is 0. The van der Waals surface area contributed by atoms with Crippen LogP contribution < -0.4 is 0 Å². The summed E-state index contributed by atoms with van der Waals surface area (Å²) in [5, 5.41) is 0. The molecular formula is C4H7F3O4S. The highest BCUT2D eigenvalue weighted by atomic mass is 32.3. The number of rotatable bonds is 5. The van der Waals surface area contributed by atoms with Gasteiger partial charge in [-0.05, 0) is 0 Å². The first kappa shape index (κ1) is 11.7. The topological polar surface area (TPSA) is 63.6 Å². The fourth-order valence-electron chi connectivity index (χ4n) is 0.371. The largest absolute Gasteiger partial charge is 0.397 e. The van der Waals surface area contributed by atoms with Crippen molar-refractivity contribution in [3.05, 3.63) is 0 Å². The molecule has 0 aromatic rings. The maximum atomic E-state index is 12.2. The number of hydrogen-bond donors (Lipinski definition) is 1. The molecule has 0 unspecified atom stereocenters. The van der Waals surface area contributed by atoms with Gasteiger partial charge in [-0.25, -0.2) is 13.0 Å². The normalized spacial score (nSPS) is 13.3. The zero-order chi connectivity index (χ0) is 9.83. The van der Waals surface area contributed by atoms with Crippen molar-refractivity contribution in [1.82, 2.24) is 0 Å². The zero-order valence-corrected chi connectivity index (χ0v) is 6.65. The molecule has 0 spiro atoms. The second-order valence-electron chi connectivity index (χ2n) is 1.98. The summed E-state index contributed by atoms with van der Waals surface area (Å²) in [6, 6.07) is 0. The van der Waals surface area contributed by atoms with Gasteiger partial charge in [0.1, 0.15) is 6.61 Å². The third-order valence-electron chi connectivity index (χ3n) is 0.879. The van der Waals surface area contributed by atoms with E-state index < -0.39 is 36.0 Å². The van der Waals surface area contributed by atoms with Gasteiger partial charge in [0.2, 0.25) is 0 Å². The second-order valence-corrected chi connectivity index (χ2v) is 3.08. The summed E-state index contributed by atoms with van der Waals surface area (Å²) < 4.78 is 66.6. The molecule has 0 amide bonds. The van der Waals surface area contributed by atoms with Crippen molar-refractivity contribution in [2.45, 2.75) is 12.3 Å². The second kappa shape index (κ2) is 4.06. The molecule has 0 radical (unpaired) electrons. The van der Waals surface area contributed by atoms with Crippen LogP contribution >= 0.6 is 0 Å². The van der Waals surface area contributed by atoms with Crippen LogP contribution in [0.4, 0.5) is 13.2 Å². The third kappa shape index (κ3) is 6.38. The van der Waals surface area contributed by atoms with Crippen molar-refractivity contribution in [2.24, 2.45) is 0 Å². The molecule has 0 aliphatic heterocycles. The molecule has 0 rings (SSSR count). The molecule has 12 heavy (non-hydrogen) atoms. The molecule has 0 aromatic carbocycles. The van der Waals surface area contributed by atoms with Crippen LogP contribution in [0.2, 0.25) is 0 Å². The highest BCUT2D eigenvalue weighted by molar-refractivity contribution is 7.80. The Kier molecular flexibility index (Phi) is 3.94. The van der Waals surface area contributed by atoms with Crippen LogP contribution in [0.1, 0.15) is 6.42 Å². The van der Waals surface area contributed by atoms with E-state index in [1.807, 2.05) is 0 Å². The summed E-state index contributed by atoms with van der Waals surface area (Å²) in [6.45, 7) is -2.84. The molecule has 1 N–H and O–H groups in total. The lowest BCUT2D eigenvalue weighted by atomic mass is 10.3. The Morgan fingerprint density at radius 2 is 1.92 bits per heavy atom. The molecule has 0 aliphatic rings. The Hall–Kier alpha value is -0.340. The Balaban J connectivity index is 3.92. The standard InChI is InChI=1S/C4H7F3O4S/c5-2-1-4(6,7)3-11-12(8,9)10/h1-3H2,(H,8,9,10). The smallest absolute Gasteiger partial charge is 0.264 e. The quantitative estimate of drug-likeness (QED) is 0.679. The van der Waals surface area contributed by atoms with E-state index in [-0.39, 0.29) is 0 Å². The van der Waals surface area contributed by atoms with Crippen LogP contribution in [-0.2, 0) is 14.6 Å². The van der Waals surface area contributed by atoms with Gasteiger partial charge in [-0.1, -0.05) is 0 Å². The van der Waals surface area contributed by atoms with Crippen molar-refractivity contribution in [2.75, 3.05) is 13.3 Å². The minimum atomic E-state index is -4.88. The number of hydrogen-bond acceptors (Lipinski definition) is 3. The maximum Gasteiger partial charge on any atom is 0.397 e. The maximum absolute atomic E-state index is 12.2. The first-order chi connectivity index (χ1) is 5.27. The zero-order valence-electron chi connectivity index (χ0n) is 5.84. The van der Waals surface area contributed by atoms with E-state index >= 15 is 0 Å². The first-order valence-corrected chi connectivity index (χ1v) is 4.19. The minimum Gasteiger partial charge on any atom is -0.264 e. The van der Waals surface area contributed by atoms with Gasteiger partial charge in [0, 0.05) is 6.42 Å². The van der Waals surface area contributed by atoms with Crippen LogP contribution in [0, 0.1) is 0 Å². The van der Waals surface area contributed by atoms with Crippen LogP contribution in [0.5, 0.6) is 0 Å². The summed E-state index contributed by atoms with van der Waals surface area (Å²) in [6.07, 6.45) is -1.14. The van der Waals surface area contributed by atoms with E-state index in [9.17, 15) is 21.6 Å². The summed E-state index contributed by atoms with van der Waals surface area (Å²) in [5.74, 6) is -3.58. The van der Waals surface area contributed by atoms with Crippen LogP contribution in [-0.4, -0.2) is 32.2 Å². The van der Waals surface area contributed by atoms with Gasteiger partial charge in [-0.3, -0.25) is 8.94 Å². The molecule has 8 heteroatoms. The SMILES string of the molecule is O=S(=O)(O)OCC(F)(F)CCF. The molecule has 0 aliphatic carbocycles. The lowest BCUT2D eigenvalue weighted by molar-refractivity contribution is -0.0524. The molecule has 0 fully saturated rings. The van der Waals surface area contributed by atoms with Gasteiger partial charge in [-0.2, -0.15) is 8.42 Å². The molecule has 0 atom stereocenters. The van der Waals surface area contributed by atoms with Gasteiger partial charge in [0.25, 0.3) is 5.92 Å². The summed E-state index contributed by atoms with van der Waals surface area (Å²) in [7, 11) is -4.88. The van der Waals surface area contributed by atoms with Crippen molar-refractivity contribution < 1.29 is 30.3 Å². The van der Waals surface area contributed by atoms with Gasteiger partial charge in [-0.15, -0.1) is 0 Å². The van der Waals surface area contributed by atoms with E-state index in [1.165, 1.54) is 0 Å². The van der Waals surface area contributed by atoms with Crippen molar-refractivity contribution in [1.29, 1.82) is 0 Å². The Bertz CT molecular complexity index is 224. The minimum absolute atomic E-state index is 1.14. The lowest BCUT2D eigenvalue weighted by Gasteiger charge is -2.12. The van der Waals surface area contributed by atoms with E-state index in [0.717, 1.165) is 0 Å². The average molecular weight is 208 g/mol. The van der Waals surface area contributed by atoms with E-state index in [1.54, 1.807) is 0 Å². The predicted molar refractivity (Wildman–Crippen MR) is 33.0 cm³/mol. The lowest BCUT2D eigenvalue weighted by Crippen LogP contribution is -2.26. The highest BCUT2D eigenvalue weighted by Crippen LogP contribution is 2.19. The van der Waals surface area contributed by atoms with Crippen LogP contribution in [0.25, 0.3) is 0 Å². The average Bonchev–Trinajstić information content (AvgIpc) is 1.83. The fourth-order valence-corrected chi connectivity index (χ4v) is 0.692. The van der Waals surface area contributed by atoms with E-state index in [0.29, 0.717) is 0 Å². The molecule has 0 aromatic heterocycles. The van der Waals surface area contributed by atoms with Gasteiger partial charge >= 0.3 is 10.4 Å².